The fourth-order valence-corrected chi connectivity index (χ4v) is 2.81. The number of hydrogen-bond donors (Lipinski definition) is 7. The average Bonchev–Trinajstić information content (AvgIpc) is 2.76. The number of aromatic hydroxyl groups is 1. The molecule has 0 aliphatic carbocycles. The number of nitrogens with two attached hydrogens (primary N) is 1. The van der Waals surface area contributed by atoms with Crippen molar-refractivity contribution in [2.75, 3.05) is 12.3 Å². The number of carbonyl (C=O) groups is 4. The number of rotatable bonds is 8. The van der Waals surface area contributed by atoms with Crippen LogP contribution in [0.1, 0.15) is 56.9 Å². The number of nitrogens with one attached hydrogen (secondary N) is 1. The van der Waals surface area contributed by atoms with Crippen molar-refractivity contribution in [3.05, 3.63) is 58.7 Å². The molecule has 0 saturated heterocycles. The predicted molar refractivity (Wildman–Crippen MR) is 129 cm³/mol. The van der Waals surface area contributed by atoms with E-state index in [1.54, 1.807) is 19.1 Å². The van der Waals surface area contributed by atoms with Crippen LogP contribution in [0.25, 0.3) is 0 Å². The van der Waals surface area contributed by atoms with Crippen LogP contribution in [0.3, 0.4) is 0 Å². The highest BCUT2D eigenvalue weighted by atomic mass is 16.4. The van der Waals surface area contributed by atoms with Gasteiger partial charge in [0.25, 0.3) is 0 Å². The number of carboxylic acids is 4. The number of benzene rings is 2. The third-order valence-corrected chi connectivity index (χ3v) is 4.54. The van der Waals surface area contributed by atoms with Gasteiger partial charge in [-0.3, -0.25) is 4.79 Å². The third-order valence-electron chi connectivity index (χ3n) is 4.54. The van der Waals surface area contributed by atoms with Crippen LogP contribution in [0.15, 0.2) is 36.4 Å². The Morgan fingerprint density at radius 1 is 0.944 bits per heavy atom. The summed E-state index contributed by atoms with van der Waals surface area (Å²) < 4.78 is 0. The number of nitriles is 1. The molecule has 0 saturated carbocycles. The summed E-state index contributed by atoms with van der Waals surface area (Å²) in [6.45, 7) is 5.74. The smallest absolute Gasteiger partial charge is 0.339 e. The summed E-state index contributed by atoms with van der Waals surface area (Å²) in [5.41, 5.74) is 5.15. The third kappa shape index (κ3) is 10.1. The van der Waals surface area contributed by atoms with E-state index in [0.717, 1.165) is 0 Å². The van der Waals surface area contributed by atoms with Gasteiger partial charge in [-0.1, -0.05) is 32.0 Å². The van der Waals surface area contributed by atoms with Gasteiger partial charge in [0.05, 0.1) is 17.2 Å². The maximum Gasteiger partial charge on any atom is 0.339 e. The standard InChI is InChI=1S/C8H14N2O2.C8H7NO4.C8H8O3/c1-6(2)7(8(11)12)10-5-3-4-9;9-5-3-1-2-4(7(10)11)6(5)8(12)13;1-5-3-2-4-6(9)7(5)8(10)11/h6-7,10H,3,5H2,1-2H3,(H,11,12);1-3H,9H2,(H,10,11)(H,12,13);2-4,9H,1H3,(H,10,11). The van der Waals surface area contributed by atoms with E-state index in [1.807, 2.05) is 19.9 Å². The lowest BCUT2D eigenvalue weighted by molar-refractivity contribution is -0.140. The molecule has 194 valence electrons. The Balaban J connectivity index is 0.000000512. The summed E-state index contributed by atoms with van der Waals surface area (Å²) in [6.07, 6.45) is 0.344. The molecule has 0 bridgehead atoms. The molecule has 12 nitrogen and oxygen atoms in total. The molecular formula is C24H29N3O9. The van der Waals surface area contributed by atoms with Crippen LogP contribution in [0.5, 0.6) is 5.75 Å². The zero-order valence-corrected chi connectivity index (χ0v) is 19.9. The molecule has 0 aliphatic heterocycles. The first-order valence-electron chi connectivity index (χ1n) is 10.5. The second-order valence-electron chi connectivity index (χ2n) is 7.58. The second kappa shape index (κ2) is 15.3. The maximum absolute atomic E-state index is 10.6. The summed E-state index contributed by atoms with van der Waals surface area (Å²) in [4.78, 5) is 42.2. The Labute approximate surface area is 207 Å². The minimum absolute atomic E-state index is 0.0208. The molecule has 0 fully saturated rings. The van der Waals surface area contributed by atoms with E-state index in [-0.39, 0.29) is 34.0 Å². The molecule has 2 aromatic carbocycles. The molecule has 12 heteroatoms. The quantitative estimate of drug-likeness (QED) is 0.203. The van der Waals surface area contributed by atoms with Crippen molar-refractivity contribution in [1.82, 2.24) is 5.32 Å². The zero-order chi connectivity index (χ0) is 28.0. The highest BCUT2D eigenvalue weighted by molar-refractivity contribution is 6.05. The van der Waals surface area contributed by atoms with Crippen molar-refractivity contribution in [2.24, 2.45) is 5.92 Å². The van der Waals surface area contributed by atoms with Crippen molar-refractivity contribution in [3.8, 4) is 11.8 Å². The van der Waals surface area contributed by atoms with Gasteiger partial charge in [-0.05, 0) is 36.6 Å². The molecule has 1 atom stereocenters. The fourth-order valence-electron chi connectivity index (χ4n) is 2.81. The second-order valence-corrected chi connectivity index (χ2v) is 7.58. The number of aryl methyl sites for hydroxylation is 1. The lowest BCUT2D eigenvalue weighted by Gasteiger charge is -2.16. The first kappa shape index (κ1) is 31.4. The molecule has 2 aromatic rings. The molecule has 0 spiro atoms. The van der Waals surface area contributed by atoms with Crippen LogP contribution in [-0.2, 0) is 4.79 Å². The largest absolute Gasteiger partial charge is 0.507 e. The van der Waals surface area contributed by atoms with Gasteiger partial charge in [0.1, 0.15) is 17.4 Å². The van der Waals surface area contributed by atoms with Crippen molar-refractivity contribution in [3.63, 3.8) is 0 Å². The number of aromatic carboxylic acids is 3. The molecule has 0 radical (unpaired) electrons. The SMILES string of the molecule is CC(C)C(NCCC#N)C(=O)O.Cc1cccc(O)c1C(=O)O.Nc1cccc(C(=O)O)c1C(=O)O. The number of anilines is 1. The highest BCUT2D eigenvalue weighted by Gasteiger charge is 2.20. The van der Waals surface area contributed by atoms with E-state index < -0.39 is 29.9 Å². The van der Waals surface area contributed by atoms with Crippen molar-refractivity contribution in [1.29, 1.82) is 5.26 Å². The van der Waals surface area contributed by atoms with Crippen LogP contribution in [0, 0.1) is 24.2 Å². The van der Waals surface area contributed by atoms with Gasteiger partial charge >= 0.3 is 23.9 Å². The lowest BCUT2D eigenvalue weighted by atomic mass is 10.1. The average molecular weight is 504 g/mol. The molecule has 36 heavy (non-hydrogen) atoms. The highest BCUT2D eigenvalue weighted by Crippen LogP contribution is 2.19. The van der Waals surface area contributed by atoms with E-state index in [2.05, 4.69) is 5.32 Å². The summed E-state index contributed by atoms with van der Waals surface area (Å²) in [7, 11) is 0. The maximum atomic E-state index is 10.6. The topological polar surface area (TPSA) is 231 Å². The monoisotopic (exact) mass is 503 g/mol. The van der Waals surface area contributed by atoms with Gasteiger partial charge in [-0.2, -0.15) is 5.26 Å². The molecule has 1 unspecified atom stereocenters. The number of nitrogen functional groups attached to an aromatic ring is 1. The van der Waals surface area contributed by atoms with E-state index in [4.69, 9.17) is 36.5 Å². The van der Waals surface area contributed by atoms with Crippen molar-refractivity contribution < 1.29 is 44.7 Å². The van der Waals surface area contributed by atoms with Gasteiger partial charge in [0.15, 0.2) is 0 Å². The first-order chi connectivity index (χ1) is 16.8. The van der Waals surface area contributed by atoms with Gasteiger partial charge in [0.2, 0.25) is 0 Å². The Morgan fingerprint density at radius 2 is 1.50 bits per heavy atom. The minimum Gasteiger partial charge on any atom is -0.507 e. The summed E-state index contributed by atoms with van der Waals surface area (Å²) >= 11 is 0. The van der Waals surface area contributed by atoms with E-state index in [0.29, 0.717) is 18.5 Å². The van der Waals surface area contributed by atoms with Crippen LogP contribution >= 0.6 is 0 Å². The summed E-state index contributed by atoms with van der Waals surface area (Å²) in [5, 5.41) is 54.7. The molecule has 0 aliphatic rings. The fraction of sp³-hybridized carbons (Fsp3) is 0.292. The van der Waals surface area contributed by atoms with Crippen LogP contribution < -0.4 is 11.1 Å². The Morgan fingerprint density at radius 3 is 1.86 bits per heavy atom. The molecule has 8 N–H and O–H groups in total. The Kier molecular flexibility index (Phi) is 13.3. The summed E-state index contributed by atoms with van der Waals surface area (Å²) in [5.74, 6) is -4.73. The van der Waals surface area contributed by atoms with Gasteiger partial charge in [-0.15, -0.1) is 0 Å². The van der Waals surface area contributed by atoms with Crippen molar-refractivity contribution in [2.45, 2.75) is 33.2 Å². The van der Waals surface area contributed by atoms with Gasteiger partial charge in [0, 0.05) is 18.7 Å². The minimum atomic E-state index is -1.34. The van der Waals surface area contributed by atoms with Crippen molar-refractivity contribution >= 4 is 29.6 Å². The molecule has 0 amide bonds. The predicted octanol–water partition coefficient (Wildman–Crippen LogP) is 2.66. The van der Waals surface area contributed by atoms with Crippen LogP contribution in [0.2, 0.25) is 0 Å². The van der Waals surface area contributed by atoms with Gasteiger partial charge in [-0.25, -0.2) is 14.4 Å². The van der Waals surface area contributed by atoms with Crippen LogP contribution in [-0.4, -0.2) is 62.0 Å². The van der Waals surface area contributed by atoms with Crippen LogP contribution in [0.4, 0.5) is 5.69 Å². The number of phenols is 1. The van der Waals surface area contributed by atoms with Gasteiger partial charge < -0.3 is 36.6 Å². The number of nitrogens with zero attached hydrogens (tertiary/aromatic N) is 1. The zero-order valence-electron chi connectivity index (χ0n) is 19.9. The van der Waals surface area contributed by atoms with E-state index in [9.17, 15) is 19.2 Å². The van der Waals surface area contributed by atoms with E-state index in [1.165, 1.54) is 24.3 Å². The number of carboxylic acid groups (broad SMARTS) is 4. The van der Waals surface area contributed by atoms with E-state index >= 15 is 0 Å². The number of aliphatic carboxylic acids is 1. The summed E-state index contributed by atoms with van der Waals surface area (Å²) in [6, 6.07) is 9.94. The molecule has 0 heterocycles. The normalized spacial score (nSPS) is 10.5. The molecular weight excluding hydrogens is 474 g/mol. The number of hydrogen-bond acceptors (Lipinski definition) is 8. The molecule has 2 rings (SSSR count). The Bertz CT molecular complexity index is 1100. The lowest BCUT2D eigenvalue weighted by Crippen LogP contribution is -2.41. The first-order valence-corrected chi connectivity index (χ1v) is 10.5. The molecule has 0 aromatic heterocycles. The Hall–Kier alpha value is -4.63.